The fraction of sp³-hybridized carbons (Fsp3) is 1.00. The summed E-state index contributed by atoms with van der Waals surface area (Å²) in [5, 5.41) is 0. The van der Waals surface area contributed by atoms with E-state index in [1.165, 1.54) is 0 Å². The van der Waals surface area contributed by atoms with E-state index in [0.29, 0.717) is 0 Å². The Kier molecular flexibility index (Phi) is 3.80. The molecule has 0 fully saturated rings. The van der Waals surface area contributed by atoms with Gasteiger partial charge in [-0.05, 0) is 6.92 Å². The van der Waals surface area contributed by atoms with Crippen molar-refractivity contribution in [3.8, 4) is 0 Å². The van der Waals surface area contributed by atoms with E-state index in [0.717, 1.165) is 0 Å². The van der Waals surface area contributed by atoms with Crippen LogP contribution in [0.1, 0.15) is 6.92 Å². The van der Waals surface area contributed by atoms with Crippen LogP contribution in [0.25, 0.3) is 0 Å². The second-order valence-electron chi connectivity index (χ2n) is 0.725. The predicted octanol–water partition coefficient (Wildman–Crippen LogP) is 1.51. The van der Waals surface area contributed by atoms with E-state index >= 15 is 0 Å². The molecule has 0 radical (unpaired) electrons. The van der Waals surface area contributed by atoms with Gasteiger partial charge in [-0.3, -0.25) is 0 Å². The minimum absolute atomic E-state index is 0.0931. The first-order chi connectivity index (χ1) is 2.27. The first-order valence-corrected chi connectivity index (χ1v) is 2.79. The quantitative estimate of drug-likeness (QED) is 0.296. The number of hydrogen-bond acceptors (Lipinski definition) is 1. The van der Waals surface area contributed by atoms with Gasteiger partial charge in [-0.1, -0.05) is 0 Å². The van der Waals surface area contributed by atoms with Gasteiger partial charge in [0.1, 0.15) is 0 Å². The molecule has 32 valence electrons. The van der Waals surface area contributed by atoms with Crippen molar-refractivity contribution in [1.29, 1.82) is 0 Å². The summed E-state index contributed by atoms with van der Waals surface area (Å²) in [6.45, 7) is 1.87. The van der Waals surface area contributed by atoms with Gasteiger partial charge in [0, 0.05) is 22.9 Å². The van der Waals surface area contributed by atoms with E-state index in [1.54, 1.807) is 0 Å². The van der Waals surface area contributed by atoms with Crippen LogP contribution in [0, 0.1) is 0 Å². The van der Waals surface area contributed by atoms with Crippen LogP contribution in [-0.4, -0.2) is 5.50 Å². The summed E-state index contributed by atoms with van der Waals surface area (Å²) in [5.41, 5.74) is 0.0931. The normalized spacial score (nSPS) is 15.0. The molecule has 0 rings (SSSR count). The first-order valence-electron chi connectivity index (χ1n) is 1.27. The van der Waals surface area contributed by atoms with Gasteiger partial charge >= 0.3 is 0 Å². The lowest BCUT2D eigenvalue weighted by Crippen LogP contribution is -2.04. The maximum atomic E-state index is 5.34. The van der Waals surface area contributed by atoms with E-state index in [-0.39, 0.29) is 5.50 Å². The standard InChI is InChI=1S/C2H5ClIN/c1-2(3)5-4/h2,5H,1H3. The van der Waals surface area contributed by atoms with Crippen molar-refractivity contribution >= 4 is 34.5 Å². The zero-order chi connectivity index (χ0) is 4.28. The van der Waals surface area contributed by atoms with E-state index in [2.05, 4.69) is 3.53 Å². The van der Waals surface area contributed by atoms with E-state index in [9.17, 15) is 0 Å². The molecule has 0 aliphatic heterocycles. The van der Waals surface area contributed by atoms with Crippen LogP contribution in [0.5, 0.6) is 0 Å². The average Bonchev–Trinajstić information content (AvgIpc) is 1.38. The van der Waals surface area contributed by atoms with Gasteiger partial charge in [0.05, 0.1) is 5.50 Å². The molecule has 0 bridgehead atoms. The molecule has 0 saturated heterocycles. The van der Waals surface area contributed by atoms with Crippen molar-refractivity contribution < 1.29 is 0 Å². The van der Waals surface area contributed by atoms with Gasteiger partial charge in [0.2, 0.25) is 0 Å². The molecular formula is C2H5ClIN. The maximum absolute atomic E-state index is 5.34. The van der Waals surface area contributed by atoms with Crippen molar-refractivity contribution in [2.24, 2.45) is 0 Å². The van der Waals surface area contributed by atoms with Gasteiger partial charge in [-0.25, -0.2) is 3.53 Å². The highest BCUT2D eigenvalue weighted by Crippen LogP contribution is 1.87. The van der Waals surface area contributed by atoms with Gasteiger partial charge in [-0.2, -0.15) is 0 Å². The molecule has 5 heavy (non-hydrogen) atoms. The third kappa shape index (κ3) is 4.98. The monoisotopic (exact) mass is 205 g/mol. The van der Waals surface area contributed by atoms with Crippen LogP contribution < -0.4 is 3.53 Å². The molecule has 0 spiro atoms. The molecule has 0 saturated carbocycles. The summed E-state index contributed by atoms with van der Waals surface area (Å²) in [4.78, 5) is 0. The minimum atomic E-state index is 0.0931. The van der Waals surface area contributed by atoms with E-state index in [1.807, 2.05) is 29.8 Å². The molecule has 1 atom stereocenters. The molecule has 0 amide bonds. The Morgan fingerprint density at radius 3 is 2.20 bits per heavy atom. The summed E-state index contributed by atoms with van der Waals surface area (Å²) >= 11 is 7.34. The van der Waals surface area contributed by atoms with Crippen LogP contribution in [0.3, 0.4) is 0 Å². The number of rotatable bonds is 1. The molecule has 3 heteroatoms. The van der Waals surface area contributed by atoms with Crippen molar-refractivity contribution in [3.05, 3.63) is 0 Å². The highest BCUT2D eigenvalue weighted by Gasteiger charge is 1.82. The molecule has 0 aromatic carbocycles. The Morgan fingerprint density at radius 2 is 2.20 bits per heavy atom. The zero-order valence-corrected chi connectivity index (χ0v) is 5.75. The summed E-state index contributed by atoms with van der Waals surface area (Å²) in [6, 6.07) is 0. The molecular weight excluding hydrogens is 200 g/mol. The van der Waals surface area contributed by atoms with Gasteiger partial charge in [0.25, 0.3) is 0 Å². The lowest BCUT2D eigenvalue weighted by molar-refractivity contribution is 0.978. The van der Waals surface area contributed by atoms with Crippen LogP contribution in [0.4, 0.5) is 0 Å². The summed E-state index contributed by atoms with van der Waals surface area (Å²) in [5.74, 6) is 0. The van der Waals surface area contributed by atoms with Gasteiger partial charge in [-0.15, -0.1) is 11.6 Å². The van der Waals surface area contributed by atoms with Crippen LogP contribution in [-0.2, 0) is 0 Å². The number of halogens is 2. The van der Waals surface area contributed by atoms with Crippen molar-refractivity contribution in [1.82, 2.24) is 3.53 Å². The Bertz CT molecular complexity index is 23.6. The maximum Gasteiger partial charge on any atom is 0.0880 e. The minimum Gasteiger partial charge on any atom is -0.244 e. The Labute approximate surface area is 50.6 Å². The molecule has 0 aliphatic rings. The SMILES string of the molecule is CC(Cl)NI. The number of alkyl halides is 1. The van der Waals surface area contributed by atoms with Crippen LogP contribution in [0.2, 0.25) is 0 Å². The predicted molar refractivity (Wildman–Crippen MR) is 32.5 cm³/mol. The summed E-state index contributed by atoms with van der Waals surface area (Å²) in [6.07, 6.45) is 0. The fourth-order valence-electron chi connectivity index (χ4n) is 0. The topological polar surface area (TPSA) is 12.0 Å². The largest absolute Gasteiger partial charge is 0.244 e. The third-order valence-corrected chi connectivity index (χ3v) is 1.56. The summed E-state index contributed by atoms with van der Waals surface area (Å²) < 4.78 is 2.76. The van der Waals surface area contributed by atoms with Crippen molar-refractivity contribution in [2.75, 3.05) is 0 Å². The smallest absolute Gasteiger partial charge is 0.0880 e. The first kappa shape index (κ1) is 5.98. The highest BCUT2D eigenvalue weighted by molar-refractivity contribution is 14.1. The van der Waals surface area contributed by atoms with Crippen LogP contribution >= 0.6 is 34.5 Å². The molecule has 1 N–H and O–H groups in total. The molecule has 1 unspecified atom stereocenters. The highest BCUT2D eigenvalue weighted by atomic mass is 127. The Hall–Kier alpha value is 0.980. The fourth-order valence-corrected chi connectivity index (χ4v) is 0. The lowest BCUT2D eigenvalue weighted by Gasteiger charge is -1.89. The zero-order valence-electron chi connectivity index (χ0n) is 2.83. The van der Waals surface area contributed by atoms with Gasteiger partial charge in [0.15, 0.2) is 0 Å². The van der Waals surface area contributed by atoms with Gasteiger partial charge < -0.3 is 0 Å². The molecule has 1 nitrogen and oxygen atoms in total. The second-order valence-corrected chi connectivity index (χ2v) is 2.00. The molecule has 0 aliphatic carbocycles. The molecule has 0 aromatic heterocycles. The van der Waals surface area contributed by atoms with Crippen molar-refractivity contribution in [2.45, 2.75) is 12.4 Å². The van der Waals surface area contributed by atoms with Crippen molar-refractivity contribution in [3.63, 3.8) is 0 Å². The molecule has 0 heterocycles. The van der Waals surface area contributed by atoms with Crippen LogP contribution in [0.15, 0.2) is 0 Å². The van der Waals surface area contributed by atoms with E-state index < -0.39 is 0 Å². The van der Waals surface area contributed by atoms with E-state index in [4.69, 9.17) is 11.6 Å². The number of hydrogen-bond donors (Lipinski definition) is 1. The number of nitrogens with one attached hydrogen (secondary N) is 1. The lowest BCUT2D eigenvalue weighted by atomic mass is 10.8. The Balaban J connectivity index is 2.54. The summed E-state index contributed by atoms with van der Waals surface area (Å²) in [7, 11) is 0. The second kappa shape index (κ2) is 3.18. The third-order valence-electron chi connectivity index (χ3n) is 0.150. The molecule has 0 aromatic rings. The average molecular weight is 205 g/mol. The Morgan fingerprint density at radius 1 is 2.00 bits per heavy atom.